The first kappa shape index (κ1) is 18.9. The molecule has 0 aromatic heterocycles. The summed E-state index contributed by atoms with van der Waals surface area (Å²) in [5.74, 6) is 1.97. The van der Waals surface area contributed by atoms with Crippen molar-refractivity contribution in [2.24, 2.45) is 0 Å². The zero-order valence-corrected chi connectivity index (χ0v) is 15.7. The van der Waals surface area contributed by atoms with Crippen LogP contribution in [0.25, 0.3) is 0 Å². The van der Waals surface area contributed by atoms with E-state index in [-0.39, 0.29) is 11.7 Å². The zero-order chi connectivity index (χ0) is 18.4. The SMILES string of the molecule is O=C(CSCc1cc(Cl)c2c(c1)OCCO2)NCCc1ccc(F)cc1. The number of carbonyl (C=O) groups is 1. The van der Waals surface area contributed by atoms with Crippen LogP contribution in [0, 0.1) is 5.82 Å². The second-order valence-corrected chi connectivity index (χ2v) is 7.21. The van der Waals surface area contributed by atoms with Gasteiger partial charge >= 0.3 is 0 Å². The summed E-state index contributed by atoms with van der Waals surface area (Å²) in [7, 11) is 0. The third-order valence-corrected chi connectivity index (χ3v) is 5.09. The number of rotatable bonds is 7. The molecule has 1 N–H and O–H groups in total. The molecule has 0 bridgehead atoms. The lowest BCUT2D eigenvalue weighted by molar-refractivity contribution is -0.118. The van der Waals surface area contributed by atoms with Crippen LogP contribution in [0.5, 0.6) is 11.5 Å². The lowest BCUT2D eigenvalue weighted by Crippen LogP contribution is -2.27. The van der Waals surface area contributed by atoms with Crippen LogP contribution in [-0.4, -0.2) is 31.4 Å². The van der Waals surface area contributed by atoms with E-state index in [4.69, 9.17) is 21.1 Å². The molecule has 0 radical (unpaired) electrons. The fourth-order valence-corrected chi connectivity index (χ4v) is 3.64. The van der Waals surface area contributed by atoms with E-state index in [1.54, 1.807) is 12.1 Å². The highest BCUT2D eigenvalue weighted by molar-refractivity contribution is 7.99. The van der Waals surface area contributed by atoms with E-state index in [1.807, 2.05) is 12.1 Å². The van der Waals surface area contributed by atoms with Crippen molar-refractivity contribution in [1.29, 1.82) is 0 Å². The van der Waals surface area contributed by atoms with Gasteiger partial charge in [-0.15, -0.1) is 11.8 Å². The minimum atomic E-state index is -0.256. The third kappa shape index (κ3) is 5.29. The molecule has 26 heavy (non-hydrogen) atoms. The minimum Gasteiger partial charge on any atom is -0.486 e. The van der Waals surface area contributed by atoms with Crippen molar-refractivity contribution < 1.29 is 18.7 Å². The van der Waals surface area contributed by atoms with Crippen molar-refractivity contribution in [2.75, 3.05) is 25.5 Å². The van der Waals surface area contributed by atoms with Crippen molar-refractivity contribution in [1.82, 2.24) is 5.32 Å². The highest BCUT2D eigenvalue weighted by Gasteiger charge is 2.16. The number of carbonyl (C=O) groups excluding carboxylic acids is 1. The summed E-state index contributed by atoms with van der Waals surface area (Å²) in [5, 5.41) is 3.40. The molecule has 1 aliphatic heterocycles. The predicted molar refractivity (Wildman–Crippen MR) is 102 cm³/mol. The monoisotopic (exact) mass is 395 g/mol. The molecule has 138 valence electrons. The van der Waals surface area contributed by atoms with Gasteiger partial charge in [0.05, 0.1) is 10.8 Å². The first-order valence-electron chi connectivity index (χ1n) is 8.29. The Kier molecular flexibility index (Phi) is 6.63. The van der Waals surface area contributed by atoms with E-state index in [2.05, 4.69) is 5.32 Å². The summed E-state index contributed by atoms with van der Waals surface area (Å²) in [6.45, 7) is 1.54. The lowest BCUT2D eigenvalue weighted by Gasteiger charge is -2.20. The second kappa shape index (κ2) is 9.14. The van der Waals surface area contributed by atoms with Gasteiger partial charge in [0.25, 0.3) is 0 Å². The minimum absolute atomic E-state index is 0.0271. The van der Waals surface area contributed by atoms with Crippen molar-refractivity contribution >= 4 is 29.3 Å². The number of hydrogen-bond donors (Lipinski definition) is 1. The average Bonchev–Trinajstić information content (AvgIpc) is 2.63. The Bertz CT molecular complexity index is 770. The first-order chi connectivity index (χ1) is 12.6. The maximum atomic E-state index is 12.8. The van der Waals surface area contributed by atoms with Gasteiger partial charge in [0, 0.05) is 12.3 Å². The molecule has 7 heteroatoms. The fraction of sp³-hybridized carbons (Fsp3) is 0.316. The molecule has 2 aromatic rings. The molecule has 1 aliphatic rings. The molecule has 0 aliphatic carbocycles. The number of thioether (sulfide) groups is 1. The summed E-state index contributed by atoms with van der Waals surface area (Å²) in [6, 6.07) is 10.0. The van der Waals surface area contributed by atoms with E-state index < -0.39 is 0 Å². The van der Waals surface area contributed by atoms with E-state index in [0.29, 0.717) is 54.2 Å². The number of hydrogen-bond acceptors (Lipinski definition) is 4. The molecule has 0 atom stereocenters. The second-order valence-electron chi connectivity index (χ2n) is 5.82. The van der Waals surface area contributed by atoms with Crippen LogP contribution in [0.2, 0.25) is 5.02 Å². The molecule has 1 amide bonds. The summed E-state index contributed by atoms with van der Waals surface area (Å²) >= 11 is 7.71. The standard InChI is InChI=1S/C19H19ClFNO3S/c20-16-9-14(10-17-19(16)25-8-7-24-17)11-26-12-18(23)22-6-5-13-1-3-15(21)4-2-13/h1-4,9-10H,5-8,11-12H2,(H,22,23). The van der Waals surface area contributed by atoms with Gasteiger partial charge in [-0.2, -0.15) is 0 Å². The van der Waals surface area contributed by atoms with Crippen LogP contribution < -0.4 is 14.8 Å². The Morgan fingerprint density at radius 2 is 1.92 bits per heavy atom. The van der Waals surface area contributed by atoms with E-state index in [1.165, 1.54) is 23.9 Å². The molecular weight excluding hydrogens is 377 g/mol. The predicted octanol–water partition coefficient (Wildman–Crippen LogP) is 3.84. The Labute approximate surface area is 161 Å². The first-order valence-corrected chi connectivity index (χ1v) is 9.82. The summed E-state index contributed by atoms with van der Waals surface area (Å²) < 4.78 is 23.9. The smallest absolute Gasteiger partial charge is 0.230 e. The van der Waals surface area contributed by atoms with Gasteiger partial charge in [-0.1, -0.05) is 23.7 Å². The van der Waals surface area contributed by atoms with E-state index >= 15 is 0 Å². The number of fused-ring (bicyclic) bond motifs is 1. The molecule has 0 saturated carbocycles. The molecule has 0 unspecified atom stereocenters. The molecule has 4 nitrogen and oxygen atoms in total. The Morgan fingerprint density at radius 3 is 2.73 bits per heavy atom. The largest absolute Gasteiger partial charge is 0.486 e. The fourth-order valence-electron chi connectivity index (χ4n) is 2.56. The maximum Gasteiger partial charge on any atom is 0.230 e. The van der Waals surface area contributed by atoms with Crippen LogP contribution in [-0.2, 0) is 17.0 Å². The highest BCUT2D eigenvalue weighted by atomic mass is 35.5. The van der Waals surface area contributed by atoms with Crippen LogP contribution in [0.4, 0.5) is 4.39 Å². The summed E-state index contributed by atoms with van der Waals surface area (Å²) in [6.07, 6.45) is 0.675. The molecule has 1 heterocycles. The topological polar surface area (TPSA) is 47.6 Å². The van der Waals surface area contributed by atoms with Gasteiger partial charge in [0.1, 0.15) is 19.0 Å². The van der Waals surface area contributed by atoms with Crippen LogP contribution in [0.3, 0.4) is 0 Å². The van der Waals surface area contributed by atoms with Gasteiger partial charge < -0.3 is 14.8 Å². The Balaban J connectivity index is 1.39. The van der Waals surface area contributed by atoms with E-state index in [9.17, 15) is 9.18 Å². The van der Waals surface area contributed by atoms with Crippen molar-refractivity contribution in [3.05, 3.63) is 58.4 Å². The third-order valence-electron chi connectivity index (χ3n) is 3.81. The number of amides is 1. The van der Waals surface area contributed by atoms with Crippen LogP contribution in [0.1, 0.15) is 11.1 Å². The normalized spacial score (nSPS) is 12.7. The van der Waals surface area contributed by atoms with Crippen LogP contribution in [0.15, 0.2) is 36.4 Å². The van der Waals surface area contributed by atoms with Crippen molar-refractivity contribution in [3.63, 3.8) is 0 Å². The van der Waals surface area contributed by atoms with Crippen LogP contribution >= 0.6 is 23.4 Å². The molecular formula is C19H19ClFNO3S. The van der Waals surface area contributed by atoms with Gasteiger partial charge in [-0.3, -0.25) is 4.79 Å². The number of benzene rings is 2. The Hall–Kier alpha value is -1.92. The summed E-state index contributed by atoms with van der Waals surface area (Å²) in [5.41, 5.74) is 1.98. The molecule has 0 fully saturated rings. The summed E-state index contributed by atoms with van der Waals surface area (Å²) in [4.78, 5) is 11.9. The molecule has 2 aromatic carbocycles. The van der Waals surface area contributed by atoms with E-state index in [0.717, 1.165) is 11.1 Å². The Morgan fingerprint density at radius 1 is 1.15 bits per heavy atom. The van der Waals surface area contributed by atoms with Gasteiger partial charge in [-0.25, -0.2) is 4.39 Å². The highest BCUT2D eigenvalue weighted by Crippen LogP contribution is 2.39. The maximum absolute atomic E-state index is 12.8. The van der Waals surface area contributed by atoms with Gasteiger partial charge in [-0.05, 0) is 41.8 Å². The lowest BCUT2D eigenvalue weighted by atomic mass is 10.1. The zero-order valence-electron chi connectivity index (χ0n) is 14.1. The van der Waals surface area contributed by atoms with Crippen molar-refractivity contribution in [3.8, 4) is 11.5 Å². The van der Waals surface area contributed by atoms with Gasteiger partial charge in [0.2, 0.25) is 5.91 Å². The molecule has 0 spiro atoms. The molecule has 0 saturated heterocycles. The van der Waals surface area contributed by atoms with Crippen molar-refractivity contribution in [2.45, 2.75) is 12.2 Å². The number of ether oxygens (including phenoxy) is 2. The van der Waals surface area contributed by atoms with Gasteiger partial charge in [0.15, 0.2) is 11.5 Å². The quantitative estimate of drug-likeness (QED) is 0.773. The average molecular weight is 396 g/mol. The number of halogens is 2. The number of nitrogens with one attached hydrogen (secondary N) is 1. The molecule has 3 rings (SSSR count).